The third-order valence-electron chi connectivity index (χ3n) is 4.33. The SMILES string of the molecule is CCCNCCc1ccc(COC2CCCCCC2)cc1. The van der Waals surface area contributed by atoms with Crippen molar-refractivity contribution in [3.05, 3.63) is 35.4 Å². The van der Waals surface area contributed by atoms with E-state index < -0.39 is 0 Å². The van der Waals surface area contributed by atoms with Crippen molar-refractivity contribution in [1.82, 2.24) is 5.32 Å². The summed E-state index contributed by atoms with van der Waals surface area (Å²) in [6.45, 7) is 5.17. The van der Waals surface area contributed by atoms with E-state index in [1.807, 2.05) is 0 Å². The lowest BCUT2D eigenvalue weighted by Crippen LogP contribution is -2.17. The summed E-state index contributed by atoms with van der Waals surface area (Å²) in [5.74, 6) is 0. The normalized spacial score (nSPS) is 16.8. The monoisotopic (exact) mass is 289 g/mol. The zero-order valence-electron chi connectivity index (χ0n) is 13.6. The third-order valence-corrected chi connectivity index (χ3v) is 4.33. The highest BCUT2D eigenvalue weighted by Crippen LogP contribution is 2.21. The van der Waals surface area contributed by atoms with Gasteiger partial charge in [-0.2, -0.15) is 0 Å². The van der Waals surface area contributed by atoms with Crippen LogP contribution in [0.1, 0.15) is 63.0 Å². The molecule has 2 rings (SSSR count). The Morgan fingerprint density at radius 3 is 2.29 bits per heavy atom. The second-order valence-corrected chi connectivity index (χ2v) is 6.24. The summed E-state index contributed by atoms with van der Waals surface area (Å²) in [5.41, 5.74) is 2.72. The van der Waals surface area contributed by atoms with Gasteiger partial charge in [-0.1, -0.05) is 56.9 Å². The molecule has 0 heterocycles. The van der Waals surface area contributed by atoms with Crippen molar-refractivity contribution in [3.63, 3.8) is 0 Å². The number of rotatable bonds is 8. The first kappa shape index (κ1) is 16.5. The molecule has 0 bridgehead atoms. The average Bonchev–Trinajstić information content (AvgIpc) is 2.79. The Balaban J connectivity index is 1.69. The molecule has 0 amide bonds. The van der Waals surface area contributed by atoms with Crippen molar-refractivity contribution in [2.75, 3.05) is 13.1 Å². The topological polar surface area (TPSA) is 21.3 Å². The first-order valence-corrected chi connectivity index (χ1v) is 8.78. The lowest BCUT2D eigenvalue weighted by Gasteiger charge is -2.15. The van der Waals surface area contributed by atoms with Gasteiger partial charge in [-0.3, -0.25) is 0 Å². The first-order valence-electron chi connectivity index (χ1n) is 8.78. The van der Waals surface area contributed by atoms with E-state index in [0.29, 0.717) is 6.10 Å². The van der Waals surface area contributed by atoms with Crippen LogP contribution in [0.5, 0.6) is 0 Å². The molecule has 0 unspecified atom stereocenters. The van der Waals surface area contributed by atoms with Crippen LogP contribution in [0.15, 0.2) is 24.3 Å². The van der Waals surface area contributed by atoms with Gasteiger partial charge in [0.25, 0.3) is 0 Å². The summed E-state index contributed by atoms with van der Waals surface area (Å²) >= 11 is 0. The van der Waals surface area contributed by atoms with Gasteiger partial charge in [-0.05, 0) is 49.9 Å². The molecule has 0 spiro atoms. The van der Waals surface area contributed by atoms with E-state index in [1.54, 1.807) is 0 Å². The predicted molar refractivity (Wildman–Crippen MR) is 89.6 cm³/mol. The van der Waals surface area contributed by atoms with E-state index in [4.69, 9.17) is 4.74 Å². The standard InChI is InChI=1S/C19H31NO/c1-2-14-20-15-13-17-9-11-18(12-10-17)16-21-19-7-5-3-4-6-8-19/h9-12,19-20H,2-8,13-16H2,1H3. The number of benzene rings is 1. The molecule has 2 heteroatoms. The minimum atomic E-state index is 0.491. The molecule has 0 aliphatic heterocycles. The van der Waals surface area contributed by atoms with Crippen LogP contribution < -0.4 is 5.32 Å². The minimum absolute atomic E-state index is 0.491. The molecule has 0 atom stereocenters. The van der Waals surface area contributed by atoms with E-state index in [1.165, 1.54) is 56.1 Å². The van der Waals surface area contributed by atoms with Gasteiger partial charge in [-0.25, -0.2) is 0 Å². The van der Waals surface area contributed by atoms with Gasteiger partial charge in [-0.15, -0.1) is 0 Å². The van der Waals surface area contributed by atoms with Gasteiger partial charge in [0, 0.05) is 0 Å². The van der Waals surface area contributed by atoms with Gasteiger partial charge in [0.15, 0.2) is 0 Å². The van der Waals surface area contributed by atoms with Crippen LogP contribution in [0, 0.1) is 0 Å². The fraction of sp³-hybridized carbons (Fsp3) is 0.684. The molecular formula is C19H31NO. The Bertz CT molecular complexity index is 366. The summed E-state index contributed by atoms with van der Waals surface area (Å²) in [5, 5.41) is 3.45. The van der Waals surface area contributed by atoms with Crippen molar-refractivity contribution < 1.29 is 4.74 Å². The fourth-order valence-corrected chi connectivity index (χ4v) is 2.96. The summed E-state index contributed by atoms with van der Waals surface area (Å²) in [6.07, 6.45) is 10.8. The Hall–Kier alpha value is -0.860. The van der Waals surface area contributed by atoms with E-state index in [0.717, 1.165) is 26.1 Å². The van der Waals surface area contributed by atoms with Crippen LogP contribution in [-0.2, 0) is 17.8 Å². The van der Waals surface area contributed by atoms with Crippen LogP contribution >= 0.6 is 0 Å². The van der Waals surface area contributed by atoms with Crippen LogP contribution in [0.4, 0.5) is 0 Å². The highest BCUT2D eigenvalue weighted by Gasteiger charge is 2.12. The molecule has 1 saturated carbocycles. The van der Waals surface area contributed by atoms with Crippen LogP contribution in [0.3, 0.4) is 0 Å². The quantitative estimate of drug-likeness (QED) is 0.563. The van der Waals surface area contributed by atoms with E-state index in [9.17, 15) is 0 Å². The highest BCUT2D eigenvalue weighted by molar-refractivity contribution is 5.22. The molecule has 1 aliphatic carbocycles. The fourth-order valence-electron chi connectivity index (χ4n) is 2.96. The van der Waals surface area contributed by atoms with Gasteiger partial charge >= 0.3 is 0 Å². The minimum Gasteiger partial charge on any atom is -0.374 e. The third kappa shape index (κ3) is 6.62. The number of hydrogen-bond donors (Lipinski definition) is 1. The van der Waals surface area contributed by atoms with Crippen LogP contribution in [0.2, 0.25) is 0 Å². The van der Waals surface area contributed by atoms with Crippen molar-refractivity contribution in [2.24, 2.45) is 0 Å². The summed E-state index contributed by atoms with van der Waals surface area (Å²) < 4.78 is 6.09. The maximum absolute atomic E-state index is 6.09. The lowest BCUT2D eigenvalue weighted by atomic mass is 10.1. The van der Waals surface area contributed by atoms with E-state index in [-0.39, 0.29) is 0 Å². The van der Waals surface area contributed by atoms with Crippen LogP contribution in [-0.4, -0.2) is 19.2 Å². The molecular weight excluding hydrogens is 258 g/mol. The maximum atomic E-state index is 6.09. The van der Waals surface area contributed by atoms with Gasteiger partial charge < -0.3 is 10.1 Å². The average molecular weight is 289 g/mol. The molecule has 0 radical (unpaired) electrons. The van der Waals surface area contributed by atoms with Crippen LogP contribution in [0.25, 0.3) is 0 Å². The molecule has 0 saturated heterocycles. The molecule has 1 aromatic carbocycles. The Morgan fingerprint density at radius 1 is 0.952 bits per heavy atom. The van der Waals surface area contributed by atoms with Gasteiger partial charge in [0.2, 0.25) is 0 Å². The van der Waals surface area contributed by atoms with Crippen molar-refractivity contribution >= 4 is 0 Å². The maximum Gasteiger partial charge on any atom is 0.0720 e. The molecule has 2 nitrogen and oxygen atoms in total. The molecule has 1 fully saturated rings. The van der Waals surface area contributed by atoms with E-state index >= 15 is 0 Å². The Morgan fingerprint density at radius 2 is 1.62 bits per heavy atom. The Kier molecular flexibility index (Phi) is 7.83. The summed E-state index contributed by atoms with van der Waals surface area (Å²) in [7, 11) is 0. The molecule has 1 N–H and O–H groups in total. The zero-order chi connectivity index (χ0) is 14.8. The largest absolute Gasteiger partial charge is 0.374 e. The molecule has 21 heavy (non-hydrogen) atoms. The summed E-state index contributed by atoms with van der Waals surface area (Å²) in [6, 6.07) is 8.95. The first-order chi connectivity index (χ1) is 10.4. The molecule has 1 aliphatic rings. The Labute approximate surface area is 130 Å². The second kappa shape index (κ2) is 9.97. The van der Waals surface area contributed by atoms with Crippen molar-refractivity contribution in [2.45, 2.75) is 71.0 Å². The van der Waals surface area contributed by atoms with Crippen molar-refractivity contribution in [1.29, 1.82) is 0 Å². The molecule has 118 valence electrons. The van der Waals surface area contributed by atoms with E-state index in [2.05, 4.69) is 36.5 Å². The summed E-state index contributed by atoms with van der Waals surface area (Å²) in [4.78, 5) is 0. The zero-order valence-corrected chi connectivity index (χ0v) is 13.6. The lowest BCUT2D eigenvalue weighted by molar-refractivity contribution is 0.0310. The second-order valence-electron chi connectivity index (χ2n) is 6.24. The van der Waals surface area contributed by atoms with Gasteiger partial charge in [0.1, 0.15) is 0 Å². The van der Waals surface area contributed by atoms with Gasteiger partial charge in [0.05, 0.1) is 12.7 Å². The number of nitrogens with one attached hydrogen (secondary N) is 1. The smallest absolute Gasteiger partial charge is 0.0720 e. The van der Waals surface area contributed by atoms with Crippen molar-refractivity contribution in [3.8, 4) is 0 Å². The number of ether oxygens (including phenoxy) is 1. The molecule has 0 aromatic heterocycles. The molecule has 1 aromatic rings. The predicted octanol–water partition coefficient (Wildman–Crippen LogP) is 4.47. The number of hydrogen-bond acceptors (Lipinski definition) is 2. The highest BCUT2D eigenvalue weighted by atomic mass is 16.5.